The molecule has 0 unspecified atom stereocenters. The predicted molar refractivity (Wildman–Crippen MR) is 155 cm³/mol. The molecule has 0 atom stereocenters. The number of nitro benzene ring substituents is 2. The quantitative estimate of drug-likeness (QED) is 0.347. The Labute approximate surface area is 238 Å². The Morgan fingerprint density at radius 1 is 0.878 bits per heavy atom. The van der Waals surface area contributed by atoms with E-state index in [9.17, 15) is 25.0 Å². The van der Waals surface area contributed by atoms with Crippen molar-refractivity contribution in [3.8, 4) is 11.5 Å². The smallest absolute Gasteiger partial charge is 0.410 e. The van der Waals surface area contributed by atoms with Gasteiger partial charge in [-0.1, -0.05) is 12.2 Å². The van der Waals surface area contributed by atoms with Crippen molar-refractivity contribution in [3.63, 3.8) is 0 Å². The largest absolute Gasteiger partial charge is 0.490 e. The molecule has 1 amide bonds. The minimum Gasteiger partial charge on any atom is -0.490 e. The molecule has 0 aliphatic carbocycles. The van der Waals surface area contributed by atoms with Crippen molar-refractivity contribution in [1.29, 1.82) is 0 Å². The second-order valence-electron chi connectivity index (χ2n) is 10.4. The molecule has 2 aliphatic rings. The van der Waals surface area contributed by atoms with Gasteiger partial charge in [0.1, 0.15) is 5.60 Å². The van der Waals surface area contributed by atoms with Crippen molar-refractivity contribution >= 4 is 28.6 Å². The highest BCUT2D eigenvalue weighted by Gasteiger charge is 2.25. The molecule has 0 spiro atoms. The van der Waals surface area contributed by atoms with Gasteiger partial charge in [-0.3, -0.25) is 20.2 Å². The van der Waals surface area contributed by atoms with Crippen LogP contribution < -0.4 is 14.8 Å². The van der Waals surface area contributed by atoms with E-state index in [0.717, 1.165) is 36.2 Å². The maximum atomic E-state index is 12.1. The first kappa shape index (κ1) is 31.1. The normalized spacial score (nSPS) is 15.0. The lowest BCUT2D eigenvalue weighted by atomic mass is 9.99. The van der Waals surface area contributed by atoms with E-state index >= 15 is 0 Å². The number of nitro groups is 2. The van der Waals surface area contributed by atoms with Crippen molar-refractivity contribution in [2.75, 3.05) is 40.4 Å². The zero-order valence-corrected chi connectivity index (χ0v) is 24.0. The molecule has 0 saturated carbocycles. The fraction of sp³-hybridized carbons (Fsp3) is 0.414. The summed E-state index contributed by atoms with van der Waals surface area (Å²) in [5.74, 6) is 0.542. The fourth-order valence-electron chi connectivity index (χ4n) is 4.36. The van der Waals surface area contributed by atoms with Gasteiger partial charge in [0.05, 0.1) is 24.1 Å². The summed E-state index contributed by atoms with van der Waals surface area (Å²) in [4.78, 5) is 34.5. The monoisotopic (exact) mass is 568 g/mol. The Bertz CT molecular complexity index is 1350. The van der Waals surface area contributed by atoms with Gasteiger partial charge >= 0.3 is 17.5 Å². The maximum absolute atomic E-state index is 12.1. The highest BCUT2D eigenvalue weighted by molar-refractivity contribution is 5.74. The van der Waals surface area contributed by atoms with Crippen molar-refractivity contribution in [2.45, 2.75) is 39.2 Å². The summed E-state index contributed by atoms with van der Waals surface area (Å²) in [5, 5.41) is 24.9. The van der Waals surface area contributed by atoms with Crippen molar-refractivity contribution in [2.24, 2.45) is 0 Å². The van der Waals surface area contributed by atoms with E-state index in [1.165, 1.54) is 31.9 Å². The van der Waals surface area contributed by atoms with Gasteiger partial charge in [-0.25, -0.2) is 4.79 Å². The van der Waals surface area contributed by atoms with Gasteiger partial charge in [0.25, 0.3) is 0 Å². The van der Waals surface area contributed by atoms with Crippen molar-refractivity contribution < 1.29 is 28.9 Å². The molecule has 2 aromatic carbocycles. The Balaban J connectivity index is 0.000000239. The van der Waals surface area contributed by atoms with Gasteiger partial charge in [-0.15, -0.1) is 0 Å². The van der Waals surface area contributed by atoms with Crippen LogP contribution in [-0.4, -0.2) is 66.8 Å². The topological polar surface area (TPSA) is 146 Å². The molecule has 0 saturated heterocycles. The third-order valence-corrected chi connectivity index (χ3v) is 6.42. The summed E-state index contributed by atoms with van der Waals surface area (Å²) in [6.07, 6.45) is 5.29. The number of carbonyl (C=O) groups is 1. The first-order valence-corrected chi connectivity index (χ1v) is 13.2. The van der Waals surface area contributed by atoms with Crippen molar-refractivity contribution in [3.05, 3.63) is 79.9 Å². The zero-order chi connectivity index (χ0) is 30.2. The van der Waals surface area contributed by atoms with Gasteiger partial charge < -0.3 is 24.4 Å². The zero-order valence-electron chi connectivity index (χ0n) is 24.0. The highest BCUT2D eigenvalue weighted by atomic mass is 16.6. The Morgan fingerprint density at radius 2 is 1.41 bits per heavy atom. The van der Waals surface area contributed by atoms with E-state index in [-0.39, 0.29) is 23.2 Å². The average molecular weight is 569 g/mol. The van der Waals surface area contributed by atoms with E-state index < -0.39 is 15.4 Å². The lowest BCUT2D eigenvalue weighted by molar-refractivity contribution is -0.385. The van der Waals surface area contributed by atoms with Crippen molar-refractivity contribution in [1.82, 2.24) is 10.2 Å². The number of hydrogen-bond acceptors (Lipinski definition) is 9. The number of nitrogens with one attached hydrogen (secondary N) is 1. The number of methoxy groups -OCH3 is 2. The van der Waals surface area contributed by atoms with Crippen LogP contribution >= 0.6 is 0 Å². The van der Waals surface area contributed by atoms with Crippen LogP contribution in [0.5, 0.6) is 11.5 Å². The van der Waals surface area contributed by atoms with Crippen LogP contribution in [0.15, 0.2) is 48.6 Å². The molecule has 41 heavy (non-hydrogen) atoms. The molecular formula is C29H36N4O8. The lowest BCUT2D eigenvalue weighted by Crippen LogP contribution is -2.39. The first-order chi connectivity index (χ1) is 19.4. The van der Waals surface area contributed by atoms with Crippen LogP contribution in [0.3, 0.4) is 0 Å². The molecule has 12 heteroatoms. The van der Waals surface area contributed by atoms with Crippen LogP contribution in [0.1, 0.15) is 44.7 Å². The van der Waals surface area contributed by atoms with Crippen LogP contribution in [-0.2, 0) is 4.74 Å². The Morgan fingerprint density at radius 3 is 1.80 bits per heavy atom. The number of nitrogens with zero attached hydrogens (tertiary/aromatic N) is 3. The minimum atomic E-state index is -0.521. The van der Waals surface area contributed by atoms with Crippen LogP contribution in [0.4, 0.5) is 16.2 Å². The molecule has 12 nitrogen and oxygen atoms in total. The number of hydrogen-bond donors (Lipinski definition) is 1. The standard InChI is InChI=1S/C17H22N2O5.C12H14N2O3/c1-17(2,3)24-16(20)18-9-7-12(8-10-18)13-5-6-14(19(21)22)15(11-13)23-4;1-17-12-8-10(2-3-11(12)14(15)16)9-4-6-13-7-5-9/h5-7,11H,8-10H2,1-4H3;2-4,8,13H,5-7H2,1H3. The van der Waals surface area contributed by atoms with E-state index in [1.54, 1.807) is 29.2 Å². The van der Waals surface area contributed by atoms with Crippen LogP contribution in [0.25, 0.3) is 11.1 Å². The summed E-state index contributed by atoms with van der Waals surface area (Å²) in [7, 11) is 2.86. The summed E-state index contributed by atoms with van der Waals surface area (Å²) in [6, 6.07) is 9.81. The molecule has 0 bridgehead atoms. The lowest BCUT2D eigenvalue weighted by Gasteiger charge is -2.29. The van der Waals surface area contributed by atoms with Crippen LogP contribution in [0.2, 0.25) is 0 Å². The number of benzene rings is 2. The fourth-order valence-corrected chi connectivity index (χ4v) is 4.36. The average Bonchev–Trinajstić information content (AvgIpc) is 2.96. The van der Waals surface area contributed by atoms with Crippen LogP contribution in [0, 0.1) is 20.2 Å². The minimum absolute atomic E-state index is 0.00536. The third-order valence-electron chi connectivity index (χ3n) is 6.42. The Hall–Kier alpha value is -4.45. The molecule has 220 valence electrons. The molecular weight excluding hydrogens is 532 g/mol. The van der Waals surface area contributed by atoms with Gasteiger partial charge in [0.2, 0.25) is 0 Å². The molecule has 0 fully saturated rings. The van der Waals surface area contributed by atoms with E-state index in [2.05, 4.69) is 11.4 Å². The van der Waals surface area contributed by atoms with E-state index in [4.69, 9.17) is 14.2 Å². The SMILES string of the molecule is COc1cc(C2=CCN(C(=O)OC(C)(C)C)CC2)ccc1[N+](=O)[O-].COc1cc(C2=CCNCC2)ccc1[N+](=O)[O-]. The molecule has 4 rings (SSSR count). The van der Waals surface area contributed by atoms with Gasteiger partial charge in [0, 0.05) is 31.8 Å². The Kier molecular flexibility index (Phi) is 10.4. The molecule has 2 heterocycles. The second kappa shape index (κ2) is 13.8. The first-order valence-electron chi connectivity index (χ1n) is 13.2. The molecule has 2 aliphatic heterocycles. The third kappa shape index (κ3) is 8.52. The summed E-state index contributed by atoms with van der Waals surface area (Å²) >= 11 is 0. The molecule has 1 N–H and O–H groups in total. The molecule has 0 aromatic heterocycles. The maximum Gasteiger partial charge on any atom is 0.410 e. The number of ether oxygens (including phenoxy) is 3. The summed E-state index contributed by atoms with van der Waals surface area (Å²) in [5.41, 5.74) is 3.52. The van der Waals surface area contributed by atoms with Gasteiger partial charge in [-0.2, -0.15) is 0 Å². The molecule has 0 radical (unpaired) electrons. The highest BCUT2D eigenvalue weighted by Crippen LogP contribution is 2.33. The van der Waals surface area contributed by atoms with Gasteiger partial charge in [0.15, 0.2) is 11.5 Å². The number of rotatable bonds is 6. The number of amides is 1. The number of carbonyl (C=O) groups excluding carboxylic acids is 1. The summed E-state index contributed by atoms with van der Waals surface area (Å²) < 4.78 is 15.5. The second-order valence-corrected chi connectivity index (χ2v) is 10.4. The van der Waals surface area contributed by atoms with E-state index in [0.29, 0.717) is 25.3 Å². The molecule has 2 aromatic rings. The predicted octanol–water partition coefficient (Wildman–Crippen LogP) is 5.61. The summed E-state index contributed by atoms with van der Waals surface area (Å²) in [6.45, 7) is 8.27. The van der Waals surface area contributed by atoms with E-state index in [1.807, 2.05) is 26.8 Å². The van der Waals surface area contributed by atoms with Gasteiger partial charge in [-0.05, 0) is 86.7 Å².